The summed E-state index contributed by atoms with van der Waals surface area (Å²) >= 11 is 1.37. The summed E-state index contributed by atoms with van der Waals surface area (Å²) in [5.74, 6) is 0.753. The van der Waals surface area contributed by atoms with E-state index >= 15 is 0 Å². The Morgan fingerprint density at radius 3 is 2.52 bits per heavy atom. The molecule has 0 saturated carbocycles. The van der Waals surface area contributed by atoms with Gasteiger partial charge in [0.1, 0.15) is 16.6 Å². The van der Waals surface area contributed by atoms with Gasteiger partial charge in [0, 0.05) is 28.4 Å². The fourth-order valence-corrected chi connectivity index (χ4v) is 3.35. The number of methoxy groups -OCH3 is 2. The summed E-state index contributed by atoms with van der Waals surface area (Å²) < 4.78 is 10.6. The number of carbonyl (C=O) groups is 1. The van der Waals surface area contributed by atoms with Crippen molar-refractivity contribution in [2.24, 2.45) is 5.73 Å². The van der Waals surface area contributed by atoms with E-state index in [-0.39, 0.29) is 0 Å². The van der Waals surface area contributed by atoms with Gasteiger partial charge in [-0.15, -0.1) is 11.3 Å². The molecule has 3 N–H and O–H groups in total. The van der Waals surface area contributed by atoms with Gasteiger partial charge in [0.05, 0.1) is 19.9 Å². The Bertz CT molecular complexity index is 1100. The quantitative estimate of drug-likeness (QED) is 0.576. The van der Waals surface area contributed by atoms with Crippen molar-refractivity contribution in [3.63, 3.8) is 0 Å². The third kappa shape index (κ3) is 4.54. The van der Waals surface area contributed by atoms with Crippen LogP contribution in [0.3, 0.4) is 0 Å². The molecule has 1 heterocycles. The van der Waals surface area contributed by atoms with Crippen LogP contribution in [0.4, 0.5) is 5.69 Å². The lowest BCUT2D eigenvalue weighted by atomic mass is 10.1. The van der Waals surface area contributed by atoms with Crippen LogP contribution in [0.25, 0.3) is 16.8 Å². The highest BCUT2D eigenvalue weighted by molar-refractivity contribution is 7.11. The molecule has 3 aromatic rings. The van der Waals surface area contributed by atoms with Crippen LogP contribution in [0, 0.1) is 11.3 Å². The highest BCUT2D eigenvalue weighted by Gasteiger charge is 2.12. The molecule has 1 amide bonds. The number of primary amides is 1. The van der Waals surface area contributed by atoms with E-state index in [1.54, 1.807) is 44.7 Å². The minimum Gasteiger partial charge on any atom is -0.493 e. The van der Waals surface area contributed by atoms with Gasteiger partial charge in [0.25, 0.3) is 0 Å². The van der Waals surface area contributed by atoms with Gasteiger partial charge in [0.15, 0.2) is 11.5 Å². The molecular weight excluding hydrogens is 388 g/mol. The minimum atomic E-state index is -0.490. The normalized spacial score (nSPS) is 10.9. The molecule has 0 aliphatic heterocycles. The monoisotopic (exact) mass is 406 g/mol. The smallest absolute Gasteiger partial charge is 0.248 e. The van der Waals surface area contributed by atoms with Crippen molar-refractivity contribution in [1.29, 1.82) is 5.26 Å². The number of hydrogen-bond donors (Lipinski definition) is 2. The summed E-state index contributed by atoms with van der Waals surface area (Å²) in [7, 11) is 3.16. The van der Waals surface area contributed by atoms with Gasteiger partial charge in [-0.1, -0.05) is 0 Å². The second-order valence-electron chi connectivity index (χ2n) is 5.86. The van der Waals surface area contributed by atoms with Crippen LogP contribution < -0.4 is 20.5 Å². The zero-order chi connectivity index (χ0) is 20.8. The van der Waals surface area contributed by atoms with Crippen molar-refractivity contribution in [2.45, 2.75) is 0 Å². The number of anilines is 1. The second kappa shape index (κ2) is 8.91. The second-order valence-corrected chi connectivity index (χ2v) is 6.72. The number of allylic oxidation sites excluding steroid dienone is 1. The first-order valence-corrected chi connectivity index (χ1v) is 9.38. The molecule has 0 aliphatic rings. The number of hydrogen-bond acceptors (Lipinski definition) is 7. The van der Waals surface area contributed by atoms with Crippen LogP contribution in [-0.4, -0.2) is 25.1 Å². The molecule has 0 fully saturated rings. The third-order valence-corrected chi connectivity index (χ3v) is 4.96. The average Bonchev–Trinajstić information content (AvgIpc) is 3.24. The summed E-state index contributed by atoms with van der Waals surface area (Å²) in [6.07, 6.45) is 1.58. The van der Waals surface area contributed by atoms with Crippen LogP contribution in [-0.2, 0) is 0 Å². The summed E-state index contributed by atoms with van der Waals surface area (Å²) in [6, 6.07) is 14.3. The molecule has 29 heavy (non-hydrogen) atoms. The van der Waals surface area contributed by atoms with E-state index in [1.807, 2.05) is 23.6 Å². The summed E-state index contributed by atoms with van der Waals surface area (Å²) in [5, 5.41) is 15.0. The SMILES string of the molecule is COc1ccc(-c2csc(/C(C#N)=C\Nc3ccc(C(N)=O)cc3)n2)cc1OC. The van der Waals surface area contributed by atoms with Crippen LogP contribution in [0.1, 0.15) is 15.4 Å². The average molecular weight is 406 g/mol. The van der Waals surface area contributed by atoms with E-state index in [0.717, 1.165) is 16.9 Å². The van der Waals surface area contributed by atoms with E-state index in [9.17, 15) is 10.1 Å². The van der Waals surface area contributed by atoms with Gasteiger partial charge in [-0.25, -0.2) is 4.98 Å². The topological polar surface area (TPSA) is 110 Å². The number of nitriles is 1. The van der Waals surface area contributed by atoms with Crippen LogP contribution >= 0.6 is 11.3 Å². The molecule has 8 heteroatoms. The van der Waals surface area contributed by atoms with Crippen molar-refractivity contribution in [3.05, 3.63) is 64.6 Å². The van der Waals surface area contributed by atoms with Gasteiger partial charge in [-0.3, -0.25) is 4.79 Å². The highest BCUT2D eigenvalue weighted by atomic mass is 32.1. The van der Waals surface area contributed by atoms with E-state index in [4.69, 9.17) is 15.2 Å². The Morgan fingerprint density at radius 2 is 1.90 bits per heavy atom. The number of nitrogens with zero attached hydrogens (tertiary/aromatic N) is 2. The molecule has 7 nitrogen and oxygen atoms in total. The summed E-state index contributed by atoms with van der Waals surface area (Å²) in [4.78, 5) is 15.7. The fourth-order valence-electron chi connectivity index (χ4n) is 2.55. The van der Waals surface area contributed by atoms with Crippen molar-refractivity contribution in [1.82, 2.24) is 4.98 Å². The summed E-state index contributed by atoms with van der Waals surface area (Å²) in [5.41, 5.74) is 8.35. The summed E-state index contributed by atoms with van der Waals surface area (Å²) in [6.45, 7) is 0. The number of ether oxygens (including phenoxy) is 2. The Kier molecular flexibility index (Phi) is 6.12. The number of nitrogens with one attached hydrogen (secondary N) is 1. The molecular formula is C21H18N4O3S. The van der Waals surface area contributed by atoms with Crippen molar-refractivity contribution in [3.8, 4) is 28.8 Å². The molecule has 3 rings (SSSR count). The van der Waals surface area contributed by atoms with Crippen LogP contribution in [0.5, 0.6) is 11.5 Å². The Morgan fingerprint density at radius 1 is 1.17 bits per heavy atom. The van der Waals surface area contributed by atoms with Crippen molar-refractivity contribution < 1.29 is 14.3 Å². The van der Waals surface area contributed by atoms with Gasteiger partial charge in [-0.05, 0) is 42.5 Å². The van der Waals surface area contributed by atoms with Crippen molar-refractivity contribution >= 4 is 28.5 Å². The predicted octanol–water partition coefficient (Wildman–Crippen LogP) is 3.90. The van der Waals surface area contributed by atoms with Gasteiger partial charge >= 0.3 is 0 Å². The number of aromatic nitrogens is 1. The van der Waals surface area contributed by atoms with Gasteiger partial charge in [0.2, 0.25) is 5.91 Å². The third-order valence-electron chi connectivity index (χ3n) is 4.09. The zero-order valence-corrected chi connectivity index (χ0v) is 16.6. The van der Waals surface area contributed by atoms with Crippen molar-refractivity contribution in [2.75, 3.05) is 19.5 Å². The number of benzene rings is 2. The maximum atomic E-state index is 11.1. The largest absolute Gasteiger partial charge is 0.493 e. The van der Waals surface area contributed by atoms with Gasteiger partial charge in [-0.2, -0.15) is 5.26 Å². The number of amides is 1. The fraction of sp³-hybridized carbons (Fsp3) is 0.0952. The Labute approximate surface area is 172 Å². The zero-order valence-electron chi connectivity index (χ0n) is 15.8. The standard InChI is InChI=1S/C21H18N4O3S/c1-27-18-8-5-14(9-19(18)28-2)17-12-29-21(25-17)15(10-22)11-24-16-6-3-13(4-7-16)20(23)26/h3-9,11-12,24H,1-2H3,(H2,23,26)/b15-11-. The molecule has 0 atom stereocenters. The highest BCUT2D eigenvalue weighted by Crippen LogP contribution is 2.33. The number of rotatable bonds is 7. The van der Waals surface area contributed by atoms with E-state index in [0.29, 0.717) is 27.6 Å². The van der Waals surface area contributed by atoms with E-state index in [2.05, 4.69) is 16.4 Å². The maximum absolute atomic E-state index is 11.1. The molecule has 0 aliphatic carbocycles. The number of nitrogens with two attached hydrogens (primary N) is 1. The molecule has 0 saturated heterocycles. The molecule has 0 radical (unpaired) electrons. The van der Waals surface area contributed by atoms with E-state index in [1.165, 1.54) is 11.3 Å². The lowest BCUT2D eigenvalue weighted by Gasteiger charge is -2.08. The lowest BCUT2D eigenvalue weighted by molar-refractivity contribution is 0.100. The number of thiazole rings is 1. The van der Waals surface area contributed by atoms with E-state index < -0.39 is 5.91 Å². The molecule has 0 unspecified atom stereocenters. The Hall–Kier alpha value is -3.83. The minimum absolute atomic E-state index is 0.390. The molecule has 2 aromatic carbocycles. The van der Waals surface area contributed by atoms with Crippen LogP contribution in [0.15, 0.2) is 54.0 Å². The predicted molar refractivity (Wildman–Crippen MR) is 113 cm³/mol. The first-order valence-electron chi connectivity index (χ1n) is 8.50. The maximum Gasteiger partial charge on any atom is 0.248 e. The Balaban J connectivity index is 1.81. The van der Waals surface area contributed by atoms with Gasteiger partial charge < -0.3 is 20.5 Å². The van der Waals surface area contributed by atoms with Crippen LogP contribution in [0.2, 0.25) is 0 Å². The molecule has 0 bridgehead atoms. The number of carbonyl (C=O) groups excluding carboxylic acids is 1. The molecule has 0 spiro atoms. The first kappa shape index (κ1) is 19.9. The molecule has 146 valence electrons. The molecule has 1 aromatic heterocycles. The first-order chi connectivity index (χ1) is 14.0. The lowest BCUT2D eigenvalue weighted by Crippen LogP contribution is -2.10.